The van der Waals surface area contributed by atoms with Crippen LogP contribution in [0.25, 0.3) is 0 Å². The van der Waals surface area contributed by atoms with Gasteiger partial charge in [0.05, 0.1) is 0 Å². The second kappa shape index (κ2) is 12.3. The molecule has 0 aromatic heterocycles. The molecule has 0 radical (unpaired) electrons. The fourth-order valence-corrected chi connectivity index (χ4v) is 0. The number of rotatable bonds is 0. The zero-order chi connectivity index (χ0) is 8.08. The first-order chi connectivity index (χ1) is 3.73. The van der Waals surface area contributed by atoms with Gasteiger partial charge in [-0.15, -0.1) is 0 Å². The number of phosphoric acid groups is 1. The van der Waals surface area contributed by atoms with Crippen LogP contribution in [0.2, 0.25) is 0 Å². The van der Waals surface area contributed by atoms with Crippen molar-refractivity contribution in [2.75, 3.05) is 0 Å². The van der Waals surface area contributed by atoms with Crippen LogP contribution in [-0.4, -0.2) is 5.97 Å². The molecule has 0 unspecified atom stereocenters. The van der Waals surface area contributed by atoms with E-state index in [4.69, 9.17) is 29.1 Å². The summed E-state index contributed by atoms with van der Waals surface area (Å²) < 4.78 is 8.55. The average molecular weight is 436 g/mol. The molecule has 0 aliphatic rings. The molecule has 0 aliphatic heterocycles. The van der Waals surface area contributed by atoms with E-state index >= 15 is 0 Å². The van der Waals surface area contributed by atoms with E-state index in [0.29, 0.717) is 0 Å². The normalized spacial score (nSPS) is 7.64. The van der Waals surface area contributed by atoms with Gasteiger partial charge in [0.15, 0.2) is 0 Å². The van der Waals surface area contributed by atoms with Crippen LogP contribution >= 0.6 is 7.82 Å². The molecule has 6 nitrogen and oxygen atoms in total. The molecule has 0 fully saturated rings. The van der Waals surface area contributed by atoms with Crippen LogP contribution in [0.1, 0.15) is 6.92 Å². The molecule has 0 amide bonds. The second-order valence-corrected chi connectivity index (χ2v) is 1.83. The summed E-state index contributed by atoms with van der Waals surface area (Å²) in [5, 5.41) is 8.89. The molecule has 0 N–H and O–H groups in total. The minimum atomic E-state index is -5.39. The van der Waals surface area contributed by atoms with Crippen molar-refractivity contribution in [1.82, 2.24) is 0 Å². The van der Waals surface area contributed by atoms with E-state index in [2.05, 4.69) is 0 Å². The molecule has 56 valence electrons. The fourth-order valence-electron chi connectivity index (χ4n) is 0. The smallest absolute Gasteiger partial charge is 0.822 e. The van der Waals surface area contributed by atoms with Crippen molar-refractivity contribution in [1.29, 1.82) is 0 Å². The number of hydrogen-bond donors (Lipinski definition) is 0. The summed E-state index contributed by atoms with van der Waals surface area (Å²) in [6, 6.07) is 0. The van der Waals surface area contributed by atoms with Crippen LogP contribution in [-0.2, 0) is 9.36 Å². The van der Waals surface area contributed by atoms with Crippen molar-refractivity contribution in [2.24, 2.45) is 0 Å². The Morgan fingerprint density at radius 3 is 1.18 bits per heavy atom. The van der Waals surface area contributed by atoms with Gasteiger partial charge in [0, 0.05) is 5.97 Å². The minimum absolute atomic E-state index is 0. The van der Waals surface area contributed by atoms with Crippen LogP contribution in [0, 0.1) is 82.6 Å². The first-order valence-corrected chi connectivity index (χ1v) is 3.10. The molecular formula is C2H3O6PPr2+2. The monoisotopic (exact) mass is 436 g/mol. The topological polar surface area (TPSA) is 126 Å². The van der Waals surface area contributed by atoms with E-state index in [1.807, 2.05) is 0 Å². The summed E-state index contributed by atoms with van der Waals surface area (Å²) in [4.78, 5) is 34.5. The van der Waals surface area contributed by atoms with Crippen molar-refractivity contribution < 1.29 is 112 Å². The summed E-state index contributed by atoms with van der Waals surface area (Å²) in [5.74, 6) is -1.08. The van der Waals surface area contributed by atoms with Gasteiger partial charge in [0.1, 0.15) is 0 Å². The number of carbonyl (C=O) groups excluding carboxylic acids is 1. The standard InChI is InChI=1S/C2H4O2.H3O4P.2Pr/c1-2(3)4;1-5(2,3)4;;/h1H3,(H,3,4);(H3,1,2,3,4);;/q;;2*+3/p-4. The molecule has 0 aromatic rings. The Balaban J connectivity index is -0.0000000383. The predicted octanol–water partition coefficient (Wildman–Crippen LogP) is -4.07. The van der Waals surface area contributed by atoms with Crippen LogP contribution in [0.3, 0.4) is 0 Å². The molecule has 9 heteroatoms. The van der Waals surface area contributed by atoms with Crippen molar-refractivity contribution in [3.05, 3.63) is 0 Å². The van der Waals surface area contributed by atoms with Crippen LogP contribution in [0.5, 0.6) is 0 Å². The van der Waals surface area contributed by atoms with Crippen molar-refractivity contribution in [3.8, 4) is 0 Å². The largest absolute Gasteiger partial charge is 3.00 e. The van der Waals surface area contributed by atoms with Crippen molar-refractivity contribution in [2.45, 2.75) is 6.92 Å². The van der Waals surface area contributed by atoms with Crippen LogP contribution in [0.4, 0.5) is 0 Å². The molecule has 0 saturated heterocycles. The van der Waals surface area contributed by atoms with Gasteiger partial charge in [-0.3, -0.25) is 0 Å². The molecule has 0 aromatic carbocycles. The molecule has 0 saturated carbocycles. The summed E-state index contributed by atoms with van der Waals surface area (Å²) in [6.45, 7) is 0.972. The van der Waals surface area contributed by atoms with Gasteiger partial charge in [-0.25, -0.2) is 0 Å². The number of carboxylic acid groups (broad SMARTS) is 1. The Hall–Kier alpha value is 2.31. The maximum atomic E-state index is 8.89. The van der Waals surface area contributed by atoms with E-state index in [0.717, 1.165) is 6.92 Å². The zero-order valence-corrected chi connectivity index (χ0v) is 13.9. The van der Waals surface area contributed by atoms with Gasteiger partial charge in [-0.1, -0.05) is 0 Å². The quantitative estimate of drug-likeness (QED) is 0.356. The number of carbonyl (C=O) groups is 1. The summed E-state index contributed by atoms with van der Waals surface area (Å²) in [5.41, 5.74) is 0. The maximum absolute atomic E-state index is 8.89. The van der Waals surface area contributed by atoms with Crippen molar-refractivity contribution in [3.63, 3.8) is 0 Å². The minimum Gasteiger partial charge on any atom is -0.822 e. The Morgan fingerprint density at radius 2 is 1.18 bits per heavy atom. The fraction of sp³-hybridized carbons (Fsp3) is 0.500. The third-order valence-corrected chi connectivity index (χ3v) is 0. The van der Waals surface area contributed by atoms with Crippen LogP contribution in [0.15, 0.2) is 0 Å². The first kappa shape index (κ1) is 23.3. The van der Waals surface area contributed by atoms with E-state index in [-0.39, 0.29) is 82.6 Å². The Labute approximate surface area is 130 Å². The number of carboxylic acids is 1. The van der Waals surface area contributed by atoms with E-state index in [1.165, 1.54) is 0 Å². The number of aliphatic carboxylic acids is 1. The first-order valence-electron chi connectivity index (χ1n) is 1.64. The molecular weight excluding hydrogens is 433 g/mol. The Kier molecular flexibility index (Phi) is 26.0. The molecule has 0 spiro atoms. The summed E-state index contributed by atoms with van der Waals surface area (Å²) >= 11 is 0. The zero-order valence-electron chi connectivity index (χ0n) is 5.55. The predicted molar refractivity (Wildman–Crippen MR) is 18.3 cm³/mol. The van der Waals surface area contributed by atoms with Gasteiger partial charge in [0.2, 0.25) is 0 Å². The second-order valence-electron chi connectivity index (χ2n) is 0.939. The third kappa shape index (κ3) is 246. The van der Waals surface area contributed by atoms with Gasteiger partial charge in [0.25, 0.3) is 0 Å². The third-order valence-electron chi connectivity index (χ3n) is 0. The molecule has 0 bridgehead atoms. The van der Waals surface area contributed by atoms with Gasteiger partial charge < -0.3 is 29.1 Å². The molecule has 11 heavy (non-hydrogen) atoms. The van der Waals surface area contributed by atoms with E-state index < -0.39 is 13.8 Å². The van der Waals surface area contributed by atoms with Crippen LogP contribution < -0.4 is 19.8 Å². The van der Waals surface area contributed by atoms with Gasteiger partial charge in [-0.2, -0.15) is 7.82 Å². The molecule has 0 heterocycles. The SMILES string of the molecule is CC(=O)[O-].O=P([O-])([O-])[O-].[Pr+3].[Pr+3]. The molecule has 0 atom stereocenters. The molecule has 0 aliphatic carbocycles. The van der Waals surface area contributed by atoms with Gasteiger partial charge >= 0.3 is 82.6 Å². The van der Waals surface area contributed by atoms with Crippen molar-refractivity contribution >= 4 is 13.8 Å². The Bertz CT molecular complexity index is 118. The average Bonchev–Trinajstić information content (AvgIpc) is 1.19. The van der Waals surface area contributed by atoms with Gasteiger partial charge in [-0.05, 0) is 6.92 Å². The van der Waals surface area contributed by atoms with E-state index in [1.54, 1.807) is 0 Å². The van der Waals surface area contributed by atoms with E-state index in [9.17, 15) is 0 Å². The maximum Gasteiger partial charge on any atom is 3.00 e. The summed E-state index contributed by atoms with van der Waals surface area (Å²) in [7, 11) is -5.39. The molecule has 0 rings (SSSR count). The number of hydrogen-bond acceptors (Lipinski definition) is 6. The Morgan fingerprint density at radius 1 is 1.18 bits per heavy atom. The summed E-state index contributed by atoms with van der Waals surface area (Å²) in [6.07, 6.45) is 0.